The number of hydrogen-bond donors (Lipinski definition) is 0. The highest BCUT2D eigenvalue weighted by atomic mass is 19.1. The maximum absolute atomic E-state index is 13.0. The monoisotopic (exact) mass is 226 g/mol. The minimum Gasteiger partial charge on any atom is -0.496 e. The first-order valence-electron chi connectivity index (χ1n) is 4.50. The predicted molar refractivity (Wildman–Crippen MR) is 54.1 cm³/mol. The van der Waals surface area contributed by atoms with Crippen LogP contribution >= 0.6 is 0 Å². The number of halogens is 1. The third-order valence-electron chi connectivity index (χ3n) is 2.10. The lowest BCUT2D eigenvalue weighted by Gasteiger charge is -2.10. The minimum absolute atomic E-state index is 0.0854. The van der Waals surface area contributed by atoms with Crippen molar-refractivity contribution < 1.29 is 23.5 Å². The summed E-state index contributed by atoms with van der Waals surface area (Å²) in [4.78, 5) is 21.9. The number of carbonyl (C=O) groups excluding carboxylic acids is 2. The van der Waals surface area contributed by atoms with Gasteiger partial charge in [-0.05, 0) is 6.07 Å². The Hall–Kier alpha value is -1.91. The first-order chi connectivity index (χ1) is 7.62. The van der Waals surface area contributed by atoms with Crippen LogP contribution in [0.25, 0.3) is 0 Å². The fourth-order valence-electron chi connectivity index (χ4n) is 1.32. The molecule has 0 spiro atoms. The summed E-state index contributed by atoms with van der Waals surface area (Å²) in [5.74, 6) is -0.951. The molecule has 0 unspecified atom stereocenters. The largest absolute Gasteiger partial charge is 0.496 e. The number of benzene rings is 1. The van der Waals surface area contributed by atoms with Crippen LogP contribution in [0.15, 0.2) is 12.1 Å². The number of esters is 1. The Morgan fingerprint density at radius 1 is 1.44 bits per heavy atom. The molecule has 16 heavy (non-hydrogen) atoms. The van der Waals surface area contributed by atoms with E-state index < -0.39 is 11.8 Å². The highest BCUT2D eigenvalue weighted by Crippen LogP contribution is 2.24. The van der Waals surface area contributed by atoms with Gasteiger partial charge in [0, 0.05) is 17.2 Å². The van der Waals surface area contributed by atoms with Gasteiger partial charge in [-0.25, -0.2) is 4.39 Å². The van der Waals surface area contributed by atoms with Crippen molar-refractivity contribution in [2.75, 3.05) is 14.2 Å². The van der Waals surface area contributed by atoms with Crippen LogP contribution in [-0.2, 0) is 16.0 Å². The van der Waals surface area contributed by atoms with Gasteiger partial charge in [0.1, 0.15) is 11.6 Å². The number of hydrogen-bond acceptors (Lipinski definition) is 4. The summed E-state index contributed by atoms with van der Waals surface area (Å²) >= 11 is 0. The number of aldehydes is 1. The molecule has 0 bridgehead atoms. The molecule has 1 rings (SSSR count). The van der Waals surface area contributed by atoms with Crippen LogP contribution in [0.3, 0.4) is 0 Å². The highest BCUT2D eigenvalue weighted by Gasteiger charge is 2.15. The van der Waals surface area contributed by atoms with E-state index in [4.69, 9.17) is 4.74 Å². The van der Waals surface area contributed by atoms with Crippen molar-refractivity contribution >= 4 is 12.3 Å². The van der Waals surface area contributed by atoms with Gasteiger partial charge in [0.2, 0.25) is 0 Å². The Kier molecular flexibility index (Phi) is 3.99. The molecule has 5 heteroatoms. The molecule has 0 saturated heterocycles. The summed E-state index contributed by atoms with van der Waals surface area (Å²) in [6.45, 7) is 0. The molecule has 1 aromatic carbocycles. The maximum Gasteiger partial charge on any atom is 0.310 e. The van der Waals surface area contributed by atoms with Crippen molar-refractivity contribution in [2.45, 2.75) is 6.42 Å². The van der Waals surface area contributed by atoms with E-state index in [0.717, 1.165) is 12.1 Å². The normalized spacial score (nSPS) is 9.69. The summed E-state index contributed by atoms with van der Waals surface area (Å²) in [5, 5.41) is 0. The average molecular weight is 226 g/mol. The molecule has 1 aromatic rings. The molecule has 0 aliphatic carbocycles. The zero-order valence-electron chi connectivity index (χ0n) is 8.95. The van der Waals surface area contributed by atoms with Crippen LogP contribution < -0.4 is 4.74 Å². The molecule has 4 nitrogen and oxygen atoms in total. The van der Waals surface area contributed by atoms with Gasteiger partial charge in [-0.1, -0.05) is 0 Å². The summed E-state index contributed by atoms with van der Waals surface area (Å²) in [7, 11) is 2.57. The van der Waals surface area contributed by atoms with E-state index >= 15 is 0 Å². The van der Waals surface area contributed by atoms with Gasteiger partial charge in [-0.3, -0.25) is 9.59 Å². The maximum atomic E-state index is 13.0. The van der Waals surface area contributed by atoms with Crippen LogP contribution in [0.1, 0.15) is 15.9 Å². The van der Waals surface area contributed by atoms with E-state index in [-0.39, 0.29) is 17.7 Å². The first kappa shape index (κ1) is 12.2. The lowest BCUT2D eigenvalue weighted by Crippen LogP contribution is -2.09. The Morgan fingerprint density at radius 3 is 2.62 bits per heavy atom. The number of rotatable bonds is 4. The number of methoxy groups -OCH3 is 2. The lowest BCUT2D eigenvalue weighted by molar-refractivity contribution is -0.139. The molecule has 86 valence electrons. The Balaban J connectivity index is 3.21. The van der Waals surface area contributed by atoms with Crippen molar-refractivity contribution in [3.8, 4) is 5.75 Å². The Morgan fingerprint density at radius 2 is 2.12 bits per heavy atom. The van der Waals surface area contributed by atoms with Gasteiger partial charge in [0.05, 0.1) is 20.6 Å². The molecule has 0 amide bonds. The van der Waals surface area contributed by atoms with Crippen LogP contribution in [-0.4, -0.2) is 26.5 Å². The molecular weight excluding hydrogens is 215 g/mol. The zero-order valence-corrected chi connectivity index (χ0v) is 8.95. The molecular formula is C11H11FO4. The topological polar surface area (TPSA) is 52.6 Å². The molecule has 0 radical (unpaired) electrons. The number of carbonyl (C=O) groups is 2. The Bertz CT molecular complexity index is 415. The first-order valence-corrected chi connectivity index (χ1v) is 4.50. The second-order valence-corrected chi connectivity index (χ2v) is 3.05. The second-order valence-electron chi connectivity index (χ2n) is 3.05. The summed E-state index contributed by atoms with van der Waals surface area (Å²) in [6.07, 6.45) is 0.345. The molecule has 0 aliphatic heterocycles. The van der Waals surface area contributed by atoms with Crippen molar-refractivity contribution in [3.63, 3.8) is 0 Å². The third kappa shape index (κ3) is 2.56. The van der Waals surface area contributed by atoms with E-state index in [1.807, 2.05) is 0 Å². The quantitative estimate of drug-likeness (QED) is 0.574. The van der Waals surface area contributed by atoms with Gasteiger partial charge in [0.25, 0.3) is 0 Å². The van der Waals surface area contributed by atoms with E-state index in [9.17, 15) is 14.0 Å². The summed E-state index contributed by atoms with van der Waals surface area (Å²) < 4.78 is 22.4. The lowest BCUT2D eigenvalue weighted by atomic mass is 10.0. The molecule has 0 fully saturated rings. The molecule has 0 aromatic heterocycles. The van der Waals surface area contributed by atoms with Crippen molar-refractivity contribution in [1.29, 1.82) is 0 Å². The summed E-state index contributed by atoms with van der Waals surface area (Å²) in [5.41, 5.74) is 0.410. The number of ether oxygens (including phenoxy) is 2. The highest BCUT2D eigenvalue weighted by molar-refractivity contribution is 5.83. The van der Waals surface area contributed by atoms with Crippen molar-refractivity contribution in [3.05, 3.63) is 29.1 Å². The fourth-order valence-corrected chi connectivity index (χ4v) is 1.32. The molecule has 0 atom stereocenters. The SMILES string of the molecule is COC(=O)Cc1c(C=O)cc(F)cc1OC. The van der Waals surface area contributed by atoms with Crippen LogP contribution in [0.2, 0.25) is 0 Å². The molecule has 0 aliphatic rings. The standard InChI is InChI=1S/C11H11FO4/c1-15-10-4-8(12)3-7(6-13)9(10)5-11(14)16-2/h3-4,6H,5H2,1-2H3. The zero-order chi connectivity index (χ0) is 12.1. The average Bonchev–Trinajstić information content (AvgIpc) is 2.30. The van der Waals surface area contributed by atoms with Gasteiger partial charge in [0.15, 0.2) is 6.29 Å². The predicted octanol–water partition coefficient (Wildman–Crippen LogP) is 1.36. The van der Waals surface area contributed by atoms with E-state index in [1.54, 1.807) is 0 Å². The van der Waals surface area contributed by atoms with Gasteiger partial charge in [-0.2, -0.15) is 0 Å². The smallest absolute Gasteiger partial charge is 0.310 e. The molecule has 0 heterocycles. The van der Waals surface area contributed by atoms with Crippen LogP contribution in [0, 0.1) is 5.82 Å². The van der Waals surface area contributed by atoms with E-state index in [1.165, 1.54) is 14.2 Å². The van der Waals surface area contributed by atoms with Gasteiger partial charge < -0.3 is 9.47 Å². The third-order valence-corrected chi connectivity index (χ3v) is 2.10. The summed E-state index contributed by atoms with van der Waals surface area (Å²) in [6, 6.07) is 2.17. The van der Waals surface area contributed by atoms with Crippen molar-refractivity contribution in [2.24, 2.45) is 0 Å². The van der Waals surface area contributed by atoms with E-state index in [0.29, 0.717) is 11.8 Å². The van der Waals surface area contributed by atoms with E-state index in [2.05, 4.69) is 4.74 Å². The fraction of sp³-hybridized carbons (Fsp3) is 0.273. The van der Waals surface area contributed by atoms with Gasteiger partial charge >= 0.3 is 5.97 Å². The second kappa shape index (κ2) is 5.25. The van der Waals surface area contributed by atoms with Crippen LogP contribution in [0.4, 0.5) is 4.39 Å². The van der Waals surface area contributed by atoms with Crippen molar-refractivity contribution in [1.82, 2.24) is 0 Å². The van der Waals surface area contributed by atoms with Crippen LogP contribution in [0.5, 0.6) is 5.75 Å². The Labute approximate surface area is 92.0 Å². The molecule has 0 N–H and O–H groups in total. The molecule has 0 saturated carbocycles. The van der Waals surface area contributed by atoms with Gasteiger partial charge in [-0.15, -0.1) is 0 Å². The minimum atomic E-state index is -0.590.